The van der Waals surface area contributed by atoms with Crippen LogP contribution in [0, 0.1) is 5.92 Å². The summed E-state index contributed by atoms with van der Waals surface area (Å²) in [6.07, 6.45) is 2.35. The molecule has 0 radical (unpaired) electrons. The van der Waals surface area contributed by atoms with Crippen LogP contribution in [0.1, 0.15) is 46.8 Å². The van der Waals surface area contributed by atoms with Crippen LogP contribution in [0.25, 0.3) is 10.8 Å². The highest BCUT2D eigenvalue weighted by atomic mass is 35.5. The van der Waals surface area contributed by atoms with Crippen molar-refractivity contribution in [1.82, 2.24) is 10.3 Å². The SMILES string of the molecule is C[C@@H](NCC1CCN(c2cc(Cl)c(C(=O)O)cn2)CC1c1ccccc1)c1cccc2ccccc12. The number of carboxylic acid groups (broad SMARTS) is 1. The smallest absolute Gasteiger partial charge is 0.338 e. The summed E-state index contributed by atoms with van der Waals surface area (Å²) < 4.78 is 0. The fourth-order valence-corrected chi connectivity index (χ4v) is 5.58. The number of aromatic carboxylic acids is 1. The van der Waals surface area contributed by atoms with Crippen LogP contribution in [0.5, 0.6) is 0 Å². The average Bonchev–Trinajstić information content (AvgIpc) is 2.91. The average molecular weight is 500 g/mol. The summed E-state index contributed by atoms with van der Waals surface area (Å²) in [4.78, 5) is 18.0. The summed E-state index contributed by atoms with van der Waals surface area (Å²) >= 11 is 6.25. The van der Waals surface area contributed by atoms with Crippen molar-refractivity contribution >= 4 is 34.2 Å². The second kappa shape index (κ2) is 10.7. The van der Waals surface area contributed by atoms with Crippen LogP contribution >= 0.6 is 11.6 Å². The highest BCUT2D eigenvalue weighted by molar-refractivity contribution is 6.33. The number of carboxylic acids is 1. The minimum atomic E-state index is -1.06. The molecule has 5 rings (SSSR count). The van der Waals surface area contributed by atoms with Gasteiger partial charge in [-0.05, 0) is 47.7 Å². The van der Waals surface area contributed by atoms with Crippen molar-refractivity contribution in [1.29, 1.82) is 0 Å². The molecule has 0 amide bonds. The summed E-state index contributed by atoms with van der Waals surface area (Å²) in [7, 11) is 0. The van der Waals surface area contributed by atoms with E-state index in [4.69, 9.17) is 11.6 Å². The zero-order valence-corrected chi connectivity index (χ0v) is 21.0. The first-order valence-corrected chi connectivity index (χ1v) is 12.8. The molecule has 6 heteroatoms. The Morgan fingerprint density at radius 1 is 1.11 bits per heavy atom. The van der Waals surface area contributed by atoms with E-state index in [0.29, 0.717) is 11.8 Å². The van der Waals surface area contributed by atoms with Crippen molar-refractivity contribution in [3.8, 4) is 0 Å². The van der Waals surface area contributed by atoms with E-state index in [0.717, 1.165) is 31.9 Å². The van der Waals surface area contributed by atoms with Crippen molar-refractivity contribution in [2.75, 3.05) is 24.5 Å². The van der Waals surface area contributed by atoms with Crippen LogP contribution in [0.2, 0.25) is 5.02 Å². The van der Waals surface area contributed by atoms with Crippen LogP contribution in [-0.4, -0.2) is 35.7 Å². The van der Waals surface area contributed by atoms with E-state index in [2.05, 4.69) is 88.9 Å². The van der Waals surface area contributed by atoms with Gasteiger partial charge < -0.3 is 15.3 Å². The Bertz CT molecular complexity index is 1360. The number of hydrogen-bond donors (Lipinski definition) is 2. The zero-order valence-electron chi connectivity index (χ0n) is 20.3. The molecule has 1 aliphatic rings. The van der Waals surface area contributed by atoms with Crippen molar-refractivity contribution < 1.29 is 9.90 Å². The molecule has 1 aromatic heterocycles. The third-order valence-corrected chi connectivity index (χ3v) is 7.67. The molecule has 184 valence electrons. The van der Waals surface area contributed by atoms with Crippen molar-refractivity contribution in [3.63, 3.8) is 0 Å². The van der Waals surface area contributed by atoms with Gasteiger partial charge in [0.2, 0.25) is 0 Å². The summed E-state index contributed by atoms with van der Waals surface area (Å²) in [6.45, 7) is 4.79. The maximum absolute atomic E-state index is 11.3. The van der Waals surface area contributed by atoms with E-state index in [1.54, 1.807) is 6.07 Å². The molecule has 2 heterocycles. The van der Waals surface area contributed by atoms with E-state index in [9.17, 15) is 9.90 Å². The summed E-state index contributed by atoms with van der Waals surface area (Å²) in [6, 6.07) is 27.6. The second-order valence-electron chi connectivity index (χ2n) is 9.54. The summed E-state index contributed by atoms with van der Waals surface area (Å²) in [5, 5.41) is 15.9. The Morgan fingerprint density at radius 3 is 2.64 bits per heavy atom. The quantitative estimate of drug-likeness (QED) is 0.302. The first-order chi connectivity index (χ1) is 17.5. The summed E-state index contributed by atoms with van der Waals surface area (Å²) in [5.74, 6) is 0.425. The Balaban J connectivity index is 1.34. The molecular formula is C30H30ClN3O2. The number of benzene rings is 3. The molecule has 4 aromatic rings. The van der Waals surface area contributed by atoms with Crippen LogP contribution in [-0.2, 0) is 0 Å². The van der Waals surface area contributed by atoms with E-state index in [1.165, 1.54) is 28.1 Å². The topological polar surface area (TPSA) is 65.5 Å². The second-order valence-corrected chi connectivity index (χ2v) is 9.94. The number of rotatable bonds is 7. The van der Waals surface area contributed by atoms with Gasteiger partial charge in [0.1, 0.15) is 5.82 Å². The number of nitrogens with zero attached hydrogens (tertiary/aromatic N) is 2. The van der Waals surface area contributed by atoms with E-state index < -0.39 is 5.97 Å². The predicted octanol–water partition coefficient (Wildman–Crippen LogP) is 6.55. The van der Waals surface area contributed by atoms with Gasteiger partial charge in [0.15, 0.2) is 0 Å². The number of pyridine rings is 1. The number of aromatic nitrogens is 1. The van der Waals surface area contributed by atoms with Crippen LogP contribution in [0.3, 0.4) is 0 Å². The van der Waals surface area contributed by atoms with Gasteiger partial charge in [0.05, 0.1) is 10.6 Å². The first kappa shape index (κ1) is 24.3. The van der Waals surface area contributed by atoms with E-state index in [1.807, 2.05) is 6.07 Å². The molecule has 0 spiro atoms. The molecule has 3 atom stereocenters. The Hall–Kier alpha value is -3.41. The molecule has 0 saturated carbocycles. The van der Waals surface area contributed by atoms with Crippen LogP contribution in [0.15, 0.2) is 85.1 Å². The molecule has 5 nitrogen and oxygen atoms in total. The van der Waals surface area contributed by atoms with E-state index >= 15 is 0 Å². The lowest BCUT2D eigenvalue weighted by Crippen LogP contribution is -2.43. The molecule has 2 unspecified atom stereocenters. The van der Waals surface area contributed by atoms with Gasteiger partial charge in [0, 0.05) is 37.3 Å². The molecule has 3 aromatic carbocycles. The molecule has 1 aliphatic heterocycles. The largest absolute Gasteiger partial charge is 0.478 e. The minimum absolute atomic E-state index is 0.0292. The standard InChI is InChI=1S/C30H30ClN3O2/c1-20(24-13-7-11-21-10-5-6-12-25(21)24)32-17-23-14-15-34(19-27(23)22-8-3-2-4-9-22)29-16-28(31)26(18-33-29)30(35)36/h2-13,16,18,20,23,27,32H,14-15,17,19H2,1H3,(H,35,36)/t20-,23?,27?/m1/s1. The Labute approximate surface area is 216 Å². The molecule has 1 saturated heterocycles. The number of carbonyl (C=O) groups is 1. The first-order valence-electron chi connectivity index (χ1n) is 12.4. The number of nitrogens with one attached hydrogen (secondary N) is 1. The molecule has 0 aliphatic carbocycles. The van der Waals surface area contributed by atoms with Gasteiger partial charge in [-0.1, -0.05) is 84.4 Å². The number of halogens is 1. The Kier molecular flexibility index (Phi) is 7.21. The summed E-state index contributed by atoms with van der Waals surface area (Å²) in [5.41, 5.74) is 2.65. The molecule has 1 fully saturated rings. The third-order valence-electron chi connectivity index (χ3n) is 7.35. The maximum Gasteiger partial charge on any atom is 0.338 e. The van der Waals surface area contributed by atoms with Gasteiger partial charge >= 0.3 is 5.97 Å². The van der Waals surface area contributed by atoms with Gasteiger partial charge in [-0.3, -0.25) is 0 Å². The lowest BCUT2D eigenvalue weighted by molar-refractivity contribution is 0.0696. The normalized spacial score (nSPS) is 18.8. The lowest BCUT2D eigenvalue weighted by Gasteiger charge is -2.40. The highest BCUT2D eigenvalue weighted by Gasteiger charge is 2.31. The fraction of sp³-hybridized carbons (Fsp3) is 0.267. The van der Waals surface area contributed by atoms with Gasteiger partial charge in [0.25, 0.3) is 0 Å². The number of hydrogen-bond acceptors (Lipinski definition) is 4. The van der Waals surface area contributed by atoms with Gasteiger partial charge in [-0.2, -0.15) is 0 Å². The van der Waals surface area contributed by atoms with Crippen LogP contribution in [0.4, 0.5) is 5.82 Å². The molecule has 36 heavy (non-hydrogen) atoms. The third kappa shape index (κ3) is 5.08. The highest BCUT2D eigenvalue weighted by Crippen LogP contribution is 2.35. The predicted molar refractivity (Wildman–Crippen MR) is 146 cm³/mol. The molecule has 2 N–H and O–H groups in total. The van der Waals surface area contributed by atoms with Gasteiger partial charge in [-0.25, -0.2) is 9.78 Å². The van der Waals surface area contributed by atoms with Crippen LogP contribution < -0.4 is 10.2 Å². The van der Waals surface area contributed by atoms with Gasteiger partial charge in [-0.15, -0.1) is 0 Å². The number of fused-ring (bicyclic) bond motifs is 1. The minimum Gasteiger partial charge on any atom is -0.478 e. The van der Waals surface area contributed by atoms with E-state index in [-0.39, 0.29) is 16.6 Å². The molecule has 0 bridgehead atoms. The monoisotopic (exact) mass is 499 g/mol. The number of anilines is 1. The maximum atomic E-state index is 11.3. The Morgan fingerprint density at radius 2 is 1.86 bits per heavy atom. The van der Waals surface area contributed by atoms with Crippen molar-refractivity contribution in [3.05, 3.63) is 107 Å². The zero-order chi connectivity index (χ0) is 25.1. The van der Waals surface area contributed by atoms with Crippen molar-refractivity contribution in [2.45, 2.75) is 25.3 Å². The lowest BCUT2D eigenvalue weighted by atomic mass is 9.80. The number of piperidine rings is 1. The van der Waals surface area contributed by atoms with Crippen molar-refractivity contribution in [2.24, 2.45) is 5.92 Å². The fourth-order valence-electron chi connectivity index (χ4n) is 5.35. The molecular weight excluding hydrogens is 470 g/mol.